The molecular weight excluding hydrogens is 424 g/mol. The Morgan fingerprint density at radius 1 is 1.17 bits per heavy atom. The Kier molecular flexibility index (Phi) is 6.56. The van der Waals surface area contributed by atoms with E-state index < -0.39 is 0 Å². The lowest BCUT2D eigenvalue weighted by atomic mass is 10.2. The Bertz CT molecular complexity index is 1140. The molecule has 0 radical (unpaired) electrons. The second-order valence-corrected chi connectivity index (χ2v) is 7.78. The Morgan fingerprint density at radius 2 is 2.03 bits per heavy atom. The van der Waals surface area contributed by atoms with Crippen molar-refractivity contribution in [2.24, 2.45) is 0 Å². The van der Waals surface area contributed by atoms with E-state index in [4.69, 9.17) is 30.6 Å². The SMILES string of the molecule is CCOc1ccccc1-c1noc(CSc2nc3cc(Cl)ccc3n2CCOC)n1. The third-order valence-electron chi connectivity index (χ3n) is 4.41. The van der Waals surface area contributed by atoms with Crippen LogP contribution in [0.2, 0.25) is 5.02 Å². The lowest BCUT2D eigenvalue weighted by Gasteiger charge is -2.07. The van der Waals surface area contributed by atoms with Gasteiger partial charge in [-0.15, -0.1) is 0 Å². The van der Waals surface area contributed by atoms with Crippen LogP contribution in [0, 0.1) is 0 Å². The highest BCUT2D eigenvalue weighted by Crippen LogP contribution is 2.30. The molecule has 7 nitrogen and oxygen atoms in total. The molecule has 0 atom stereocenters. The van der Waals surface area contributed by atoms with Gasteiger partial charge in [-0.25, -0.2) is 4.98 Å². The predicted molar refractivity (Wildman–Crippen MR) is 117 cm³/mol. The zero-order valence-electron chi connectivity index (χ0n) is 16.7. The summed E-state index contributed by atoms with van der Waals surface area (Å²) in [6.07, 6.45) is 0. The van der Waals surface area contributed by atoms with Gasteiger partial charge in [-0.3, -0.25) is 0 Å². The van der Waals surface area contributed by atoms with Crippen LogP contribution in [0.4, 0.5) is 0 Å². The fraction of sp³-hybridized carbons (Fsp3) is 0.286. The third-order valence-corrected chi connectivity index (χ3v) is 5.61. The highest BCUT2D eigenvalue weighted by Gasteiger charge is 2.16. The standard InChI is InChI=1S/C21H21ClN4O3S/c1-3-28-18-7-5-4-6-15(18)20-24-19(29-25-20)13-30-21-23-16-12-14(22)8-9-17(16)26(21)10-11-27-2/h4-9,12H,3,10-11,13H2,1-2H3. The smallest absolute Gasteiger partial charge is 0.237 e. The number of nitrogens with zero attached hydrogens (tertiary/aromatic N) is 4. The molecule has 0 bridgehead atoms. The van der Waals surface area contributed by atoms with E-state index in [9.17, 15) is 0 Å². The van der Waals surface area contributed by atoms with Crippen molar-refractivity contribution in [1.29, 1.82) is 0 Å². The summed E-state index contributed by atoms with van der Waals surface area (Å²) in [5.74, 6) is 2.26. The van der Waals surface area contributed by atoms with Gasteiger partial charge in [0.15, 0.2) is 5.16 Å². The summed E-state index contributed by atoms with van der Waals surface area (Å²) in [6.45, 7) is 3.78. The van der Waals surface area contributed by atoms with E-state index in [-0.39, 0.29) is 0 Å². The number of hydrogen-bond acceptors (Lipinski definition) is 7. The van der Waals surface area contributed by atoms with E-state index in [1.807, 2.05) is 49.4 Å². The molecule has 9 heteroatoms. The number of rotatable bonds is 9. The Labute approximate surface area is 183 Å². The van der Waals surface area contributed by atoms with Gasteiger partial charge in [-0.1, -0.05) is 40.7 Å². The molecule has 2 aromatic carbocycles. The average Bonchev–Trinajstić information content (AvgIpc) is 3.35. The van der Waals surface area contributed by atoms with Gasteiger partial charge in [0, 0.05) is 18.7 Å². The average molecular weight is 445 g/mol. The second kappa shape index (κ2) is 9.51. The number of ether oxygens (including phenoxy) is 2. The molecule has 0 N–H and O–H groups in total. The van der Waals surface area contributed by atoms with Crippen molar-refractivity contribution in [2.45, 2.75) is 24.4 Å². The minimum absolute atomic E-state index is 0.494. The molecule has 0 saturated carbocycles. The molecule has 0 aliphatic heterocycles. The van der Waals surface area contributed by atoms with Crippen LogP contribution in [0.3, 0.4) is 0 Å². The van der Waals surface area contributed by atoms with Crippen LogP contribution in [-0.4, -0.2) is 40.0 Å². The topological polar surface area (TPSA) is 75.2 Å². The summed E-state index contributed by atoms with van der Waals surface area (Å²) in [5, 5.41) is 5.63. The normalized spacial score (nSPS) is 11.3. The quantitative estimate of drug-likeness (QED) is 0.333. The monoisotopic (exact) mass is 444 g/mol. The number of hydrogen-bond donors (Lipinski definition) is 0. The summed E-state index contributed by atoms with van der Waals surface area (Å²) >= 11 is 7.66. The molecule has 4 rings (SSSR count). The number of methoxy groups -OCH3 is 1. The van der Waals surface area contributed by atoms with E-state index in [1.54, 1.807) is 7.11 Å². The van der Waals surface area contributed by atoms with Crippen molar-refractivity contribution < 1.29 is 14.0 Å². The maximum atomic E-state index is 6.13. The van der Waals surface area contributed by atoms with Crippen molar-refractivity contribution in [3.63, 3.8) is 0 Å². The highest BCUT2D eigenvalue weighted by atomic mass is 35.5. The fourth-order valence-electron chi connectivity index (χ4n) is 3.07. The maximum absolute atomic E-state index is 6.13. The molecule has 2 heterocycles. The first-order chi connectivity index (χ1) is 14.7. The second-order valence-electron chi connectivity index (χ2n) is 6.40. The van der Waals surface area contributed by atoms with Crippen LogP contribution < -0.4 is 4.74 Å². The van der Waals surface area contributed by atoms with Crippen LogP contribution in [0.1, 0.15) is 12.8 Å². The number of benzene rings is 2. The fourth-order valence-corrected chi connectivity index (χ4v) is 4.12. The molecule has 0 spiro atoms. The van der Waals surface area contributed by atoms with Crippen molar-refractivity contribution in [3.05, 3.63) is 53.4 Å². The first-order valence-corrected chi connectivity index (χ1v) is 10.9. The van der Waals surface area contributed by atoms with Gasteiger partial charge in [0.2, 0.25) is 11.7 Å². The van der Waals surface area contributed by atoms with E-state index >= 15 is 0 Å². The lowest BCUT2D eigenvalue weighted by Crippen LogP contribution is -2.05. The number of halogens is 1. The van der Waals surface area contributed by atoms with Crippen LogP contribution in [0.15, 0.2) is 52.1 Å². The Balaban J connectivity index is 1.55. The highest BCUT2D eigenvalue weighted by molar-refractivity contribution is 7.98. The number of para-hydroxylation sites is 1. The van der Waals surface area contributed by atoms with Crippen molar-refractivity contribution in [2.75, 3.05) is 20.3 Å². The summed E-state index contributed by atoms with van der Waals surface area (Å²) < 4.78 is 18.5. The zero-order valence-corrected chi connectivity index (χ0v) is 18.2. The van der Waals surface area contributed by atoms with Crippen LogP contribution in [-0.2, 0) is 17.0 Å². The first-order valence-electron chi connectivity index (χ1n) is 9.52. The molecule has 4 aromatic rings. The molecule has 0 aliphatic carbocycles. The molecule has 0 unspecified atom stereocenters. The Hall–Kier alpha value is -2.55. The molecule has 0 aliphatic rings. The summed E-state index contributed by atoms with van der Waals surface area (Å²) in [5.41, 5.74) is 2.66. The minimum atomic E-state index is 0.494. The molecular formula is C21H21ClN4O3S. The van der Waals surface area contributed by atoms with Gasteiger partial charge in [0.25, 0.3) is 0 Å². The lowest BCUT2D eigenvalue weighted by molar-refractivity contribution is 0.186. The molecule has 0 fully saturated rings. The van der Waals surface area contributed by atoms with Crippen molar-refractivity contribution in [1.82, 2.24) is 19.7 Å². The summed E-state index contributed by atoms with van der Waals surface area (Å²) in [6, 6.07) is 13.4. The van der Waals surface area contributed by atoms with Crippen LogP contribution >= 0.6 is 23.4 Å². The third kappa shape index (κ3) is 4.45. The van der Waals surface area contributed by atoms with Gasteiger partial charge in [0.1, 0.15) is 5.75 Å². The van der Waals surface area contributed by atoms with Crippen LogP contribution in [0.5, 0.6) is 5.75 Å². The summed E-state index contributed by atoms with van der Waals surface area (Å²) in [7, 11) is 1.68. The minimum Gasteiger partial charge on any atom is -0.493 e. The van der Waals surface area contributed by atoms with Crippen molar-refractivity contribution in [3.8, 4) is 17.1 Å². The predicted octanol–water partition coefficient (Wildman–Crippen LogP) is 5.08. The number of thioether (sulfide) groups is 1. The van der Waals surface area contributed by atoms with Gasteiger partial charge in [-0.2, -0.15) is 4.98 Å². The largest absolute Gasteiger partial charge is 0.493 e. The number of aromatic nitrogens is 4. The van der Waals surface area contributed by atoms with Gasteiger partial charge >= 0.3 is 0 Å². The molecule has 30 heavy (non-hydrogen) atoms. The number of fused-ring (bicyclic) bond motifs is 1. The Morgan fingerprint density at radius 3 is 2.87 bits per heavy atom. The van der Waals surface area contributed by atoms with Gasteiger partial charge in [-0.05, 0) is 37.3 Å². The van der Waals surface area contributed by atoms with E-state index in [1.165, 1.54) is 11.8 Å². The van der Waals surface area contributed by atoms with Gasteiger partial charge in [0.05, 0.1) is 35.6 Å². The number of imidazole rings is 1. The van der Waals surface area contributed by atoms with E-state index in [0.717, 1.165) is 27.5 Å². The van der Waals surface area contributed by atoms with Gasteiger partial charge < -0.3 is 18.6 Å². The van der Waals surface area contributed by atoms with E-state index in [2.05, 4.69) is 14.7 Å². The van der Waals surface area contributed by atoms with Crippen LogP contribution in [0.25, 0.3) is 22.4 Å². The molecule has 0 amide bonds. The van der Waals surface area contributed by atoms with E-state index in [0.29, 0.717) is 42.2 Å². The van der Waals surface area contributed by atoms with Crippen molar-refractivity contribution >= 4 is 34.4 Å². The maximum Gasteiger partial charge on any atom is 0.237 e. The molecule has 0 saturated heterocycles. The summed E-state index contributed by atoms with van der Waals surface area (Å²) in [4.78, 5) is 9.26. The molecule has 156 valence electrons. The zero-order chi connectivity index (χ0) is 20.9. The first kappa shape index (κ1) is 20.7. The molecule has 2 aromatic heterocycles.